The summed E-state index contributed by atoms with van der Waals surface area (Å²) in [5.41, 5.74) is 2.31. The van der Waals surface area contributed by atoms with Crippen LogP contribution in [0.4, 0.5) is 0 Å². The average Bonchev–Trinajstić information content (AvgIpc) is 3.38. The molecule has 0 bridgehead atoms. The molecule has 2 aromatic rings. The second kappa shape index (κ2) is 9.87. The van der Waals surface area contributed by atoms with Crippen molar-refractivity contribution in [3.8, 4) is 11.5 Å². The summed E-state index contributed by atoms with van der Waals surface area (Å²) in [5.74, 6) is 2.49. The van der Waals surface area contributed by atoms with Gasteiger partial charge in [0.15, 0.2) is 17.5 Å². The Morgan fingerprint density at radius 3 is 2.71 bits per heavy atom. The van der Waals surface area contributed by atoms with Crippen molar-refractivity contribution in [2.75, 3.05) is 39.6 Å². The first-order valence-electron chi connectivity index (χ1n) is 11.0. The lowest BCUT2D eigenvalue weighted by Gasteiger charge is -2.36. The van der Waals surface area contributed by atoms with E-state index >= 15 is 0 Å². The van der Waals surface area contributed by atoms with Crippen molar-refractivity contribution in [2.45, 2.75) is 45.4 Å². The lowest BCUT2D eigenvalue weighted by atomic mass is 9.74. The number of hydrogen-bond acceptors (Lipinski definition) is 6. The minimum absolute atomic E-state index is 0.0644. The largest absolute Gasteiger partial charge is 0.454 e. The topological polar surface area (TPSA) is 77.0 Å². The van der Waals surface area contributed by atoms with Crippen molar-refractivity contribution in [1.29, 1.82) is 0 Å². The number of hydrogen-bond donors (Lipinski definition) is 2. The maximum absolute atomic E-state index is 5.68. The van der Waals surface area contributed by atoms with Gasteiger partial charge in [-0.25, -0.2) is 4.98 Å². The number of nitrogens with zero attached hydrogens (tertiary/aromatic N) is 2. The molecule has 168 valence electrons. The third-order valence-electron chi connectivity index (χ3n) is 6.02. The second-order valence-corrected chi connectivity index (χ2v) is 9.37. The van der Waals surface area contributed by atoms with Crippen molar-refractivity contribution in [3.63, 3.8) is 0 Å². The quantitative estimate of drug-likeness (QED) is 0.504. The molecule has 4 rings (SSSR count). The molecular weight excluding hydrogens is 412 g/mol. The van der Waals surface area contributed by atoms with E-state index in [-0.39, 0.29) is 5.41 Å². The summed E-state index contributed by atoms with van der Waals surface area (Å²) < 4.78 is 16.8. The molecule has 0 unspecified atom stereocenters. The number of aromatic nitrogens is 1. The van der Waals surface area contributed by atoms with Crippen LogP contribution >= 0.6 is 11.3 Å². The van der Waals surface area contributed by atoms with Crippen molar-refractivity contribution < 1.29 is 14.2 Å². The Hall–Kier alpha value is -2.32. The molecule has 0 saturated carbocycles. The van der Waals surface area contributed by atoms with E-state index < -0.39 is 0 Å². The van der Waals surface area contributed by atoms with Crippen LogP contribution in [-0.2, 0) is 16.6 Å². The Kier molecular flexibility index (Phi) is 6.97. The van der Waals surface area contributed by atoms with E-state index in [9.17, 15) is 0 Å². The summed E-state index contributed by atoms with van der Waals surface area (Å²) in [4.78, 5) is 10.9. The minimum Gasteiger partial charge on any atom is -0.454 e. The minimum atomic E-state index is -0.0644. The van der Waals surface area contributed by atoms with Gasteiger partial charge >= 0.3 is 0 Å². The predicted molar refractivity (Wildman–Crippen MR) is 124 cm³/mol. The number of rotatable bonds is 7. The molecular formula is C23H32N4O3S. The van der Waals surface area contributed by atoms with Gasteiger partial charge in [-0.1, -0.05) is 6.07 Å². The van der Waals surface area contributed by atoms with E-state index in [4.69, 9.17) is 19.2 Å². The summed E-state index contributed by atoms with van der Waals surface area (Å²) in [6.07, 6.45) is 2.77. The maximum atomic E-state index is 5.68. The molecule has 31 heavy (non-hydrogen) atoms. The number of ether oxygens (including phenoxy) is 3. The number of fused-ring (bicyclic) bond motifs is 1. The summed E-state index contributed by atoms with van der Waals surface area (Å²) in [6, 6.07) is 6.29. The Labute approximate surface area is 188 Å². The molecule has 0 radical (unpaired) electrons. The van der Waals surface area contributed by atoms with E-state index in [1.54, 1.807) is 11.3 Å². The molecule has 1 aromatic carbocycles. The Bertz CT molecular complexity index is 902. The molecule has 7 nitrogen and oxygen atoms in total. The van der Waals surface area contributed by atoms with Crippen LogP contribution in [0, 0.1) is 13.8 Å². The molecule has 0 atom stereocenters. The lowest BCUT2D eigenvalue weighted by Crippen LogP contribution is -2.41. The predicted octanol–water partition coefficient (Wildman–Crippen LogP) is 3.33. The SMILES string of the molecule is CCNC(=NCC1(c2ccc3c(c2)OCO3)CCOCC1)NCCc1nc(C)c(C)s1. The van der Waals surface area contributed by atoms with Crippen LogP contribution in [0.2, 0.25) is 0 Å². The zero-order valence-electron chi connectivity index (χ0n) is 18.6. The second-order valence-electron chi connectivity index (χ2n) is 8.08. The highest BCUT2D eigenvalue weighted by Crippen LogP contribution is 2.41. The summed E-state index contributed by atoms with van der Waals surface area (Å²) >= 11 is 1.77. The average molecular weight is 445 g/mol. The standard InChI is InChI=1S/C23H32N4O3S/c1-4-24-22(25-10-7-21-27-16(2)17(3)31-21)26-14-23(8-11-28-12-9-23)18-5-6-19-20(13-18)30-15-29-19/h5-6,13H,4,7-12,14-15H2,1-3H3,(H2,24,25,26). The van der Waals surface area contributed by atoms with Crippen LogP contribution < -0.4 is 20.1 Å². The zero-order valence-corrected chi connectivity index (χ0v) is 19.4. The maximum Gasteiger partial charge on any atom is 0.231 e. The highest BCUT2D eigenvalue weighted by Gasteiger charge is 2.35. The smallest absolute Gasteiger partial charge is 0.231 e. The van der Waals surface area contributed by atoms with Gasteiger partial charge in [0.2, 0.25) is 6.79 Å². The molecule has 0 aliphatic carbocycles. The molecule has 0 amide bonds. The highest BCUT2D eigenvalue weighted by molar-refractivity contribution is 7.11. The van der Waals surface area contributed by atoms with Gasteiger partial charge in [-0.15, -0.1) is 11.3 Å². The van der Waals surface area contributed by atoms with Gasteiger partial charge < -0.3 is 24.8 Å². The van der Waals surface area contributed by atoms with Crippen molar-refractivity contribution in [1.82, 2.24) is 15.6 Å². The van der Waals surface area contributed by atoms with Crippen molar-refractivity contribution in [2.24, 2.45) is 4.99 Å². The van der Waals surface area contributed by atoms with Gasteiger partial charge in [-0.2, -0.15) is 0 Å². The van der Waals surface area contributed by atoms with E-state index in [1.165, 1.54) is 15.4 Å². The van der Waals surface area contributed by atoms with Crippen LogP contribution in [0.3, 0.4) is 0 Å². The fraction of sp³-hybridized carbons (Fsp3) is 0.565. The first kappa shape index (κ1) is 21.9. The number of nitrogens with one attached hydrogen (secondary N) is 2. The van der Waals surface area contributed by atoms with E-state index in [0.29, 0.717) is 13.3 Å². The molecule has 3 heterocycles. The normalized spacial score (nSPS) is 17.6. The van der Waals surface area contributed by atoms with E-state index in [0.717, 1.165) is 68.7 Å². The molecule has 2 aliphatic rings. The van der Waals surface area contributed by atoms with E-state index in [2.05, 4.69) is 48.5 Å². The van der Waals surface area contributed by atoms with Crippen LogP contribution in [-0.4, -0.2) is 50.6 Å². The number of aryl methyl sites for hydroxylation is 2. The van der Waals surface area contributed by atoms with Gasteiger partial charge in [-0.05, 0) is 51.3 Å². The molecule has 1 fully saturated rings. The molecule has 2 N–H and O–H groups in total. The Morgan fingerprint density at radius 1 is 1.16 bits per heavy atom. The van der Waals surface area contributed by atoms with E-state index in [1.807, 2.05) is 6.07 Å². The summed E-state index contributed by atoms with van der Waals surface area (Å²) in [7, 11) is 0. The van der Waals surface area contributed by atoms with Crippen molar-refractivity contribution in [3.05, 3.63) is 39.3 Å². The molecule has 1 aromatic heterocycles. The first-order valence-corrected chi connectivity index (χ1v) is 11.8. The monoisotopic (exact) mass is 444 g/mol. The summed E-state index contributed by atoms with van der Waals surface area (Å²) in [6.45, 7) is 10.4. The Balaban J connectivity index is 1.46. The third kappa shape index (κ3) is 5.13. The number of aliphatic imine (C=N–C) groups is 1. The van der Waals surface area contributed by atoms with Crippen LogP contribution in [0.1, 0.15) is 40.9 Å². The number of thiazole rings is 1. The van der Waals surface area contributed by atoms with Crippen LogP contribution in [0.15, 0.2) is 23.2 Å². The highest BCUT2D eigenvalue weighted by atomic mass is 32.1. The van der Waals surface area contributed by atoms with Gasteiger partial charge in [0, 0.05) is 43.0 Å². The molecule has 1 saturated heterocycles. The van der Waals surface area contributed by atoms with Gasteiger partial charge in [0.05, 0.1) is 17.2 Å². The third-order valence-corrected chi connectivity index (χ3v) is 7.16. The molecule has 8 heteroatoms. The van der Waals surface area contributed by atoms with Gasteiger partial charge in [0.1, 0.15) is 0 Å². The lowest BCUT2D eigenvalue weighted by molar-refractivity contribution is 0.0530. The van der Waals surface area contributed by atoms with Crippen molar-refractivity contribution >= 4 is 17.3 Å². The van der Waals surface area contributed by atoms with Gasteiger partial charge in [0.25, 0.3) is 0 Å². The number of guanidine groups is 1. The first-order chi connectivity index (χ1) is 15.1. The van der Waals surface area contributed by atoms with Crippen LogP contribution in [0.25, 0.3) is 0 Å². The fourth-order valence-corrected chi connectivity index (χ4v) is 4.97. The molecule has 0 spiro atoms. The van der Waals surface area contributed by atoms with Gasteiger partial charge in [-0.3, -0.25) is 4.99 Å². The number of benzene rings is 1. The fourth-order valence-electron chi connectivity index (χ4n) is 4.03. The zero-order chi connectivity index (χ0) is 21.7. The van der Waals surface area contributed by atoms with Crippen LogP contribution in [0.5, 0.6) is 11.5 Å². The summed E-state index contributed by atoms with van der Waals surface area (Å²) in [5, 5.41) is 8.03. The molecule has 2 aliphatic heterocycles. The Morgan fingerprint density at radius 2 is 1.97 bits per heavy atom.